The first-order valence-corrected chi connectivity index (χ1v) is 10.4. The van der Waals surface area contributed by atoms with Gasteiger partial charge in [-0.05, 0) is 24.8 Å². The fraction of sp³-hybridized carbons (Fsp3) is 0.292. The van der Waals surface area contributed by atoms with Gasteiger partial charge in [-0.2, -0.15) is 0 Å². The minimum atomic E-state index is -0.529. The van der Waals surface area contributed by atoms with Crippen LogP contribution in [0.5, 0.6) is 0 Å². The number of rotatable bonds is 6. The topological polar surface area (TPSA) is 92.1 Å². The molecule has 2 amide bonds. The number of piperidine rings is 1. The predicted octanol–water partition coefficient (Wildman–Crippen LogP) is 3.51. The first-order chi connectivity index (χ1) is 14.6. The Morgan fingerprint density at radius 2 is 1.77 bits per heavy atom. The summed E-state index contributed by atoms with van der Waals surface area (Å²) in [7, 11) is 0. The number of imidazole rings is 1. The highest BCUT2D eigenvalue weighted by Gasteiger charge is 2.28. The molecule has 4 rings (SSSR count). The molecule has 2 heterocycles. The fourth-order valence-electron chi connectivity index (χ4n) is 4.05. The first-order valence-electron chi connectivity index (χ1n) is 10.4. The van der Waals surface area contributed by atoms with Gasteiger partial charge in [0.15, 0.2) is 0 Å². The maximum atomic E-state index is 12.8. The van der Waals surface area contributed by atoms with Crippen LogP contribution in [0.25, 0.3) is 11.3 Å². The standard InChI is InChI=1S/C24H26N4O2/c25-23(30)22-21(18-10-5-2-6-11-18)26-24(27-22)19-12-7-15-28(16-19)20(29)14-13-17-8-3-1-4-9-17/h1-6,8-11,19H,7,12-16H2,(H2,25,30)(H,26,27)/t19-/m1/s1. The van der Waals surface area contributed by atoms with E-state index in [2.05, 4.69) is 4.98 Å². The lowest BCUT2D eigenvalue weighted by molar-refractivity contribution is -0.132. The number of primary amides is 1. The van der Waals surface area contributed by atoms with E-state index >= 15 is 0 Å². The Kier molecular flexibility index (Phi) is 5.93. The van der Waals surface area contributed by atoms with Gasteiger partial charge in [-0.3, -0.25) is 9.59 Å². The molecule has 0 radical (unpaired) electrons. The Morgan fingerprint density at radius 1 is 1.07 bits per heavy atom. The third-order valence-corrected chi connectivity index (χ3v) is 5.65. The van der Waals surface area contributed by atoms with Gasteiger partial charge >= 0.3 is 0 Å². The van der Waals surface area contributed by atoms with E-state index in [-0.39, 0.29) is 11.8 Å². The van der Waals surface area contributed by atoms with E-state index in [0.29, 0.717) is 24.4 Å². The number of H-pyrrole nitrogens is 1. The highest BCUT2D eigenvalue weighted by Crippen LogP contribution is 2.29. The SMILES string of the molecule is NC(=O)c1[nH]c([C@@H]2CCCN(C(=O)CCc3ccccc3)C2)nc1-c1ccccc1. The average molecular weight is 402 g/mol. The van der Waals surface area contributed by atoms with Gasteiger partial charge in [0.2, 0.25) is 5.91 Å². The van der Waals surface area contributed by atoms with Crippen LogP contribution in [0.15, 0.2) is 60.7 Å². The minimum absolute atomic E-state index is 0.0648. The van der Waals surface area contributed by atoms with Gasteiger partial charge in [-0.25, -0.2) is 4.98 Å². The molecule has 154 valence electrons. The van der Waals surface area contributed by atoms with E-state index in [0.717, 1.165) is 37.2 Å². The van der Waals surface area contributed by atoms with Crippen LogP contribution >= 0.6 is 0 Å². The smallest absolute Gasteiger partial charge is 0.267 e. The second-order valence-corrected chi connectivity index (χ2v) is 7.74. The minimum Gasteiger partial charge on any atom is -0.364 e. The number of aromatic amines is 1. The van der Waals surface area contributed by atoms with E-state index in [1.54, 1.807) is 0 Å². The molecule has 1 aliphatic rings. The molecule has 1 saturated heterocycles. The zero-order valence-corrected chi connectivity index (χ0v) is 16.9. The van der Waals surface area contributed by atoms with Crippen molar-refractivity contribution in [3.8, 4) is 11.3 Å². The molecule has 0 spiro atoms. The molecule has 1 atom stereocenters. The second-order valence-electron chi connectivity index (χ2n) is 7.74. The van der Waals surface area contributed by atoms with Gasteiger partial charge in [-0.1, -0.05) is 60.7 Å². The number of amides is 2. The summed E-state index contributed by atoms with van der Waals surface area (Å²) in [5.74, 6) is 0.422. The van der Waals surface area contributed by atoms with E-state index in [4.69, 9.17) is 10.7 Å². The van der Waals surface area contributed by atoms with Crippen molar-refractivity contribution < 1.29 is 9.59 Å². The maximum absolute atomic E-state index is 12.8. The van der Waals surface area contributed by atoms with E-state index in [1.807, 2.05) is 65.6 Å². The lowest BCUT2D eigenvalue weighted by Gasteiger charge is -2.32. The molecular formula is C24H26N4O2. The molecule has 2 aromatic carbocycles. The molecular weight excluding hydrogens is 376 g/mol. The van der Waals surface area contributed by atoms with Gasteiger partial charge in [0.1, 0.15) is 17.2 Å². The van der Waals surface area contributed by atoms with Crippen LogP contribution in [-0.4, -0.2) is 39.8 Å². The molecule has 1 aliphatic heterocycles. The normalized spacial score (nSPS) is 16.4. The van der Waals surface area contributed by atoms with Crippen molar-refractivity contribution in [1.82, 2.24) is 14.9 Å². The largest absolute Gasteiger partial charge is 0.364 e. The molecule has 3 aromatic rings. The molecule has 1 fully saturated rings. The molecule has 6 nitrogen and oxygen atoms in total. The van der Waals surface area contributed by atoms with Crippen molar-refractivity contribution in [1.29, 1.82) is 0 Å². The summed E-state index contributed by atoms with van der Waals surface area (Å²) in [6.45, 7) is 1.37. The molecule has 0 aliphatic carbocycles. The number of likely N-dealkylation sites (tertiary alicyclic amines) is 1. The lowest BCUT2D eigenvalue weighted by atomic mass is 9.96. The zero-order valence-electron chi connectivity index (χ0n) is 16.9. The van der Waals surface area contributed by atoms with Gasteiger partial charge in [0.25, 0.3) is 5.91 Å². The van der Waals surface area contributed by atoms with Crippen molar-refractivity contribution in [2.24, 2.45) is 5.73 Å². The highest BCUT2D eigenvalue weighted by molar-refractivity contribution is 5.97. The number of nitrogens with zero attached hydrogens (tertiary/aromatic N) is 2. The number of nitrogens with one attached hydrogen (secondary N) is 1. The first kappa shape index (κ1) is 19.9. The van der Waals surface area contributed by atoms with Crippen LogP contribution in [0.2, 0.25) is 0 Å². The number of carbonyl (C=O) groups excluding carboxylic acids is 2. The molecule has 0 unspecified atom stereocenters. The third-order valence-electron chi connectivity index (χ3n) is 5.65. The van der Waals surface area contributed by atoms with Gasteiger partial charge in [0, 0.05) is 31.0 Å². The Labute approximate surface area is 176 Å². The summed E-state index contributed by atoms with van der Waals surface area (Å²) in [6.07, 6.45) is 3.07. The van der Waals surface area contributed by atoms with Crippen molar-refractivity contribution in [3.05, 3.63) is 77.7 Å². The van der Waals surface area contributed by atoms with Gasteiger partial charge < -0.3 is 15.6 Å². The zero-order chi connectivity index (χ0) is 20.9. The van der Waals surface area contributed by atoms with E-state index in [9.17, 15) is 9.59 Å². The Balaban J connectivity index is 1.48. The maximum Gasteiger partial charge on any atom is 0.267 e. The summed E-state index contributed by atoms with van der Waals surface area (Å²) in [5.41, 5.74) is 8.51. The van der Waals surface area contributed by atoms with Crippen LogP contribution < -0.4 is 5.73 Å². The number of benzene rings is 2. The summed E-state index contributed by atoms with van der Waals surface area (Å²) < 4.78 is 0. The van der Waals surface area contributed by atoms with Gasteiger partial charge in [0.05, 0.1) is 0 Å². The van der Waals surface area contributed by atoms with Crippen molar-refractivity contribution in [3.63, 3.8) is 0 Å². The number of carbonyl (C=O) groups is 2. The molecule has 6 heteroatoms. The van der Waals surface area contributed by atoms with Crippen molar-refractivity contribution >= 4 is 11.8 Å². The monoisotopic (exact) mass is 402 g/mol. The summed E-state index contributed by atoms with van der Waals surface area (Å²) in [6, 6.07) is 19.6. The number of hydrogen-bond acceptors (Lipinski definition) is 3. The number of aryl methyl sites for hydroxylation is 1. The van der Waals surface area contributed by atoms with Gasteiger partial charge in [-0.15, -0.1) is 0 Å². The fourth-order valence-corrected chi connectivity index (χ4v) is 4.05. The predicted molar refractivity (Wildman–Crippen MR) is 116 cm³/mol. The highest BCUT2D eigenvalue weighted by atomic mass is 16.2. The van der Waals surface area contributed by atoms with Crippen LogP contribution in [0.4, 0.5) is 0 Å². The number of hydrogen-bond donors (Lipinski definition) is 2. The molecule has 0 bridgehead atoms. The van der Waals surface area contributed by atoms with Crippen LogP contribution in [-0.2, 0) is 11.2 Å². The quantitative estimate of drug-likeness (QED) is 0.661. The number of aromatic nitrogens is 2. The van der Waals surface area contributed by atoms with Crippen molar-refractivity contribution in [2.75, 3.05) is 13.1 Å². The second kappa shape index (κ2) is 8.95. The molecule has 3 N–H and O–H groups in total. The average Bonchev–Trinajstić information content (AvgIpc) is 3.25. The van der Waals surface area contributed by atoms with Crippen LogP contribution in [0.3, 0.4) is 0 Å². The van der Waals surface area contributed by atoms with Crippen LogP contribution in [0, 0.1) is 0 Å². The third kappa shape index (κ3) is 4.43. The van der Waals surface area contributed by atoms with Crippen molar-refractivity contribution in [2.45, 2.75) is 31.6 Å². The summed E-state index contributed by atoms with van der Waals surface area (Å²) >= 11 is 0. The van der Waals surface area contributed by atoms with Crippen LogP contribution in [0.1, 0.15) is 47.1 Å². The Hall–Kier alpha value is -3.41. The summed E-state index contributed by atoms with van der Waals surface area (Å²) in [5, 5.41) is 0. The summed E-state index contributed by atoms with van der Waals surface area (Å²) in [4.78, 5) is 34.5. The molecule has 0 saturated carbocycles. The van der Waals surface area contributed by atoms with E-state index < -0.39 is 5.91 Å². The molecule has 1 aromatic heterocycles. The Bertz CT molecular complexity index is 1010. The molecule has 30 heavy (non-hydrogen) atoms. The Morgan fingerprint density at radius 3 is 2.47 bits per heavy atom. The van der Waals surface area contributed by atoms with E-state index in [1.165, 1.54) is 5.56 Å². The lowest BCUT2D eigenvalue weighted by Crippen LogP contribution is -2.39. The number of nitrogens with two attached hydrogens (primary N) is 1.